The van der Waals surface area contributed by atoms with Gasteiger partial charge >= 0.3 is 0 Å². The Morgan fingerprint density at radius 1 is 1.35 bits per heavy atom. The lowest BCUT2D eigenvalue weighted by Gasteiger charge is -2.23. The molecule has 0 spiro atoms. The van der Waals surface area contributed by atoms with E-state index >= 15 is 0 Å². The number of hydrogen-bond donors (Lipinski definition) is 1. The van der Waals surface area contributed by atoms with Crippen LogP contribution in [0.2, 0.25) is 0 Å². The van der Waals surface area contributed by atoms with E-state index in [9.17, 15) is 14.0 Å². The first kappa shape index (κ1) is 17.2. The molecule has 23 heavy (non-hydrogen) atoms. The topological polar surface area (TPSA) is 75.9 Å². The second-order valence-electron chi connectivity index (χ2n) is 5.72. The highest BCUT2D eigenvalue weighted by atomic mass is 19.1. The van der Waals surface area contributed by atoms with Crippen LogP contribution in [0.1, 0.15) is 12.5 Å². The van der Waals surface area contributed by atoms with Crippen molar-refractivity contribution in [3.05, 3.63) is 29.6 Å². The fourth-order valence-electron chi connectivity index (χ4n) is 2.80. The molecule has 1 fully saturated rings. The maximum absolute atomic E-state index is 14.1. The van der Waals surface area contributed by atoms with Gasteiger partial charge in [-0.25, -0.2) is 4.39 Å². The number of methoxy groups -OCH3 is 1. The molecule has 7 heteroatoms. The minimum atomic E-state index is -0.473. The summed E-state index contributed by atoms with van der Waals surface area (Å²) in [6, 6.07) is 4.66. The molecule has 6 nitrogen and oxygen atoms in total. The van der Waals surface area contributed by atoms with E-state index in [1.54, 1.807) is 17.0 Å². The number of carbonyl (C=O) groups excluding carboxylic acids is 2. The normalized spacial score (nSPS) is 19.3. The second-order valence-corrected chi connectivity index (χ2v) is 5.72. The highest BCUT2D eigenvalue weighted by Crippen LogP contribution is 2.24. The summed E-state index contributed by atoms with van der Waals surface area (Å²) in [5.74, 6) is -0.912. The van der Waals surface area contributed by atoms with Gasteiger partial charge in [0.25, 0.3) is 0 Å². The molecule has 1 aromatic carbocycles. The summed E-state index contributed by atoms with van der Waals surface area (Å²) in [5, 5.41) is 0. The number of ether oxygens (including phenoxy) is 1. The molecular weight excluding hydrogens is 301 g/mol. The minimum Gasteiger partial charge on any atom is -0.496 e. The molecule has 126 valence electrons. The zero-order valence-electron chi connectivity index (χ0n) is 13.4. The van der Waals surface area contributed by atoms with Crippen LogP contribution < -0.4 is 10.5 Å². The van der Waals surface area contributed by atoms with E-state index in [0.717, 1.165) is 0 Å². The third-order valence-electron chi connectivity index (χ3n) is 4.13. The van der Waals surface area contributed by atoms with Gasteiger partial charge in [0.15, 0.2) is 0 Å². The van der Waals surface area contributed by atoms with Crippen molar-refractivity contribution >= 4 is 11.8 Å². The summed E-state index contributed by atoms with van der Waals surface area (Å²) in [7, 11) is 1.49. The highest BCUT2D eigenvalue weighted by molar-refractivity contribution is 5.79. The maximum Gasteiger partial charge on any atom is 0.223 e. The van der Waals surface area contributed by atoms with Crippen LogP contribution in [-0.2, 0) is 16.1 Å². The van der Waals surface area contributed by atoms with Gasteiger partial charge in [0.05, 0.1) is 13.0 Å². The molecule has 2 rings (SSSR count). The molecular formula is C16H22FN3O3. The fraction of sp³-hybridized carbons (Fsp3) is 0.500. The Balaban J connectivity index is 2.19. The molecule has 0 bridgehead atoms. The van der Waals surface area contributed by atoms with Crippen molar-refractivity contribution in [1.82, 2.24) is 9.80 Å². The zero-order valence-corrected chi connectivity index (χ0v) is 13.4. The first-order valence-corrected chi connectivity index (χ1v) is 7.51. The average Bonchev–Trinajstić information content (AvgIpc) is 2.72. The number of nitrogens with two attached hydrogens (primary N) is 1. The van der Waals surface area contributed by atoms with Crippen LogP contribution in [-0.4, -0.2) is 54.9 Å². The molecule has 0 unspecified atom stereocenters. The molecule has 0 saturated carbocycles. The van der Waals surface area contributed by atoms with Gasteiger partial charge in [-0.3, -0.25) is 14.5 Å². The number of hydrogen-bond acceptors (Lipinski definition) is 4. The van der Waals surface area contributed by atoms with Crippen molar-refractivity contribution in [2.75, 3.05) is 33.3 Å². The van der Waals surface area contributed by atoms with Crippen molar-refractivity contribution in [2.24, 2.45) is 11.7 Å². The molecule has 1 aliphatic heterocycles. The van der Waals surface area contributed by atoms with E-state index in [0.29, 0.717) is 44.0 Å². The van der Waals surface area contributed by atoms with Crippen LogP contribution in [0, 0.1) is 11.7 Å². The van der Waals surface area contributed by atoms with Crippen LogP contribution in [0.25, 0.3) is 0 Å². The fourth-order valence-corrected chi connectivity index (χ4v) is 2.80. The maximum atomic E-state index is 14.1. The van der Waals surface area contributed by atoms with E-state index in [-0.39, 0.29) is 11.7 Å². The van der Waals surface area contributed by atoms with Gasteiger partial charge in [0.1, 0.15) is 11.6 Å². The number of rotatable bonds is 4. The van der Waals surface area contributed by atoms with Crippen molar-refractivity contribution in [1.29, 1.82) is 0 Å². The number of halogens is 1. The van der Waals surface area contributed by atoms with E-state index in [1.807, 2.05) is 4.90 Å². The van der Waals surface area contributed by atoms with Gasteiger partial charge in [0, 0.05) is 45.2 Å². The lowest BCUT2D eigenvalue weighted by molar-refractivity contribution is -0.130. The molecule has 1 atom stereocenters. The third-order valence-corrected chi connectivity index (χ3v) is 4.13. The van der Waals surface area contributed by atoms with Crippen LogP contribution in [0.3, 0.4) is 0 Å². The van der Waals surface area contributed by atoms with E-state index in [2.05, 4.69) is 0 Å². The quantitative estimate of drug-likeness (QED) is 0.880. The highest BCUT2D eigenvalue weighted by Gasteiger charge is 2.28. The van der Waals surface area contributed by atoms with Crippen LogP contribution in [0.5, 0.6) is 5.75 Å². The summed E-state index contributed by atoms with van der Waals surface area (Å²) in [6.45, 7) is 3.47. The molecule has 0 radical (unpaired) electrons. The van der Waals surface area contributed by atoms with Crippen molar-refractivity contribution < 1.29 is 18.7 Å². The average molecular weight is 323 g/mol. The standard InChI is InChI=1S/C16H22FN3O3/c1-11(21)20-7-6-19(8-12(9-20)16(18)22)10-13-14(17)4-3-5-15(13)23-2/h3-5,12H,6-10H2,1-2H3,(H2,18,22)/t12-/m1/s1. The Labute approximate surface area is 135 Å². The Hall–Kier alpha value is -2.15. The molecule has 0 aromatic heterocycles. The third kappa shape index (κ3) is 4.19. The number of nitrogens with zero attached hydrogens (tertiary/aromatic N) is 2. The number of benzene rings is 1. The SMILES string of the molecule is COc1cccc(F)c1CN1CCN(C(C)=O)C[C@H](C(N)=O)C1. The Morgan fingerprint density at radius 3 is 2.70 bits per heavy atom. The summed E-state index contributed by atoms with van der Waals surface area (Å²) < 4.78 is 19.3. The summed E-state index contributed by atoms with van der Waals surface area (Å²) in [4.78, 5) is 26.8. The lowest BCUT2D eigenvalue weighted by Crippen LogP contribution is -2.39. The molecule has 2 amide bonds. The first-order chi connectivity index (χ1) is 10.9. The first-order valence-electron chi connectivity index (χ1n) is 7.51. The van der Waals surface area contributed by atoms with Gasteiger partial charge in [-0.1, -0.05) is 6.07 Å². The van der Waals surface area contributed by atoms with Crippen LogP contribution >= 0.6 is 0 Å². The van der Waals surface area contributed by atoms with Gasteiger partial charge < -0.3 is 15.4 Å². The predicted octanol–water partition coefficient (Wildman–Crippen LogP) is 0.600. The zero-order chi connectivity index (χ0) is 17.0. The van der Waals surface area contributed by atoms with E-state index < -0.39 is 11.8 Å². The Bertz CT molecular complexity index is 594. The number of carbonyl (C=O) groups is 2. The molecule has 1 saturated heterocycles. The van der Waals surface area contributed by atoms with Crippen LogP contribution in [0.15, 0.2) is 18.2 Å². The van der Waals surface area contributed by atoms with Crippen molar-refractivity contribution in [3.8, 4) is 5.75 Å². The second kappa shape index (κ2) is 7.41. The summed E-state index contributed by atoms with van der Waals surface area (Å²) in [6.07, 6.45) is 0. The van der Waals surface area contributed by atoms with Crippen LogP contribution in [0.4, 0.5) is 4.39 Å². The molecule has 1 aromatic rings. The predicted molar refractivity (Wildman–Crippen MR) is 83.2 cm³/mol. The van der Waals surface area contributed by atoms with E-state index in [4.69, 9.17) is 10.5 Å². The van der Waals surface area contributed by atoms with E-state index in [1.165, 1.54) is 20.1 Å². The van der Waals surface area contributed by atoms with Gasteiger partial charge in [0.2, 0.25) is 11.8 Å². The molecule has 1 aliphatic rings. The molecule has 0 aliphatic carbocycles. The smallest absolute Gasteiger partial charge is 0.223 e. The Morgan fingerprint density at radius 2 is 2.09 bits per heavy atom. The largest absolute Gasteiger partial charge is 0.496 e. The number of amides is 2. The van der Waals surface area contributed by atoms with Gasteiger partial charge in [-0.2, -0.15) is 0 Å². The number of primary amides is 1. The van der Waals surface area contributed by atoms with Crippen molar-refractivity contribution in [3.63, 3.8) is 0 Å². The summed E-state index contributed by atoms with van der Waals surface area (Å²) in [5.41, 5.74) is 5.88. The van der Waals surface area contributed by atoms with Crippen molar-refractivity contribution in [2.45, 2.75) is 13.5 Å². The van der Waals surface area contributed by atoms with Gasteiger partial charge in [-0.15, -0.1) is 0 Å². The monoisotopic (exact) mass is 323 g/mol. The molecule has 2 N–H and O–H groups in total. The minimum absolute atomic E-state index is 0.0958. The summed E-state index contributed by atoms with van der Waals surface area (Å²) >= 11 is 0. The lowest BCUT2D eigenvalue weighted by atomic mass is 10.1. The molecule has 1 heterocycles. The van der Waals surface area contributed by atoms with Gasteiger partial charge in [-0.05, 0) is 12.1 Å². The Kier molecular flexibility index (Phi) is 5.54.